The van der Waals surface area contributed by atoms with Gasteiger partial charge in [0.25, 0.3) is 0 Å². The van der Waals surface area contributed by atoms with Gasteiger partial charge in [0.15, 0.2) is 0 Å². The molecular weight excluding hydrogens is 250 g/mol. The van der Waals surface area contributed by atoms with E-state index in [4.69, 9.17) is 11.6 Å². The average Bonchev–Trinajstić information content (AvgIpc) is 2.93. The van der Waals surface area contributed by atoms with Gasteiger partial charge in [0.1, 0.15) is 18.7 Å². The summed E-state index contributed by atoms with van der Waals surface area (Å²) in [6.45, 7) is 4.87. The second-order valence-electron chi connectivity index (χ2n) is 4.17. The zero-order valence-electron chi connectivity index (χ0n) is 11.0. The minimum absolute atomic E-state index is 0.519. The highest BCUT2D eigenvalue weighted by atomic mass is 35.5. The summed E-state index contributed by atoms with van der Waals surface area (Å²) >= 11 is 6.03. The Hall–Kier alpha value is -1.36. The third kappa shape index (κ3) is 2.27. The first kappa shape index (κ1) is 13.1. The van der Waals surface area contributed by atoms with E-state index >= 15 is 0 Å². The predicted octanol–water partition coefficient (Wildman–Crippen LogP) is 1.92. The lowest BCUT2D eigenvalue weighted by Crippen LogP contribution is -2.11. The van der Waals surface area contributed by atoms with Gasteiger partial charge in [-0.15, -0.1) is 11.6 Å². The molecule has 0 aliphatic carbocycles. The van der Waals surface area contributed by atoms with Crippen LogP contribution < -0.4 is 0 Å². The lowest BCUT2D eigenvalue weighted by molar-refractivity contribution is 0.582. The average molecular weight is 268 g/mol. The van der Waals surface area contributed by atoms with Gasteiger partial charge in [-0.1, -0.05) is 13.8 Å². The second-order valence-corrected chi connectivity index (χ2v) is 4.44. The topological polar surface area (TPSA) is 48.5 Å². The highest BCUT2D eigenvalue weighted by Crippen LogP contribution is 2.19. The first-order valence-electron chi connectivity index (χ1n) is 6.17. The zero-order chi connectivity index (χ0) is 13.1. The summed E-state index contributed by atoms with van der Waals surface area (Å²) in [4.78, 5) is 4.24. The van der Waals surface area contributed by atoms with Crippen LogP contribution in [-0.2, 0) is 32.3 Å². The summed E-state index contributed by atoms with van der Waals surface area (Å²) in [5.74, 6) is 1.42. The summed E-state index contributed by atoms with van der Waals surface area (Å²) in [5.41, 5.74) is 3.46. The molecule has 2 heterocycles. The maximum absolute atomic E-state index is 6.03. The molecule has 2 aromatic heterocycles. The maximum atomic E-state index is 6.03. The molecule has 0 unspecified atom stereocenters. The van der Waals surface area contributed by atoms with E-state index in [9.17, 15) is 0 Å². The molecule has 0 bridgehead atoms. The molecule has 0 fully saturated rings. The monoisotopic (exact) mass is 267 g/mol. The smallest absolute Gasteiger partial charge is 0.148 e. The van der Waals surface area contributed by atoms with Crippen LogP contribution in [0, 0.1) is 0 Å². The Morgan fingerprint density at radius 1 is 1.28 bits per heavy atom. The quantitative estimate of drug-likeness (QED) is 0.778. The summed E-state index contributed by atoms with van der Waals surface area (Å²) in [6, 6.07) is 0. The molecule has 2 aromatic rings. The normalized spacial score (nSPS) is 11.1. The van der Waals surface area contributed by atoms with Gasteiger partial charge in [0.05, 0.1) is 11.6 Å². The molecule has 0 saturated heterocycles. The van der Waals surface area contributed by atoms with E-state index in [1.165, 1.54) is 11.3 Å². The second kappa shape index (κ2) is 5.52. The minimum Gasteiger partial charge on any atom is -0.261 e. The van der Waals surface area contributed by atoms with E-state index in [1.807, 2.05) is 11.7 Å². The van der Waals surface area contributed by atoms with Gasteiger partial charge in [-0.3, -0.25) is 9.36 Å². The molecule has 0 N–H and O–H groups in total. The van der Waals surface area contributed by atoms with Gasteiger partial charge in [-0.05, 0) is 12.8 Å². The highest BCUT2D eigenvalue weighted by Gasteiger charge is 2.15. The largest absolute Gasteiger partial charge is 0.261 e. The van der Waals surface area contributed by atoms with Crippen LogP contribution in [0.1, 0.15) is 36.6 Å². The Morgan fingerprint density at radius 3 is 2.56 bits per heavy atom. The van der Waals surface area contributed by atoms with Crippen molar-refractivity contribution in [3.63, 3.8) is 0 Å². The maximum Gasteiger partial charge on any atom is 0.148 e. The molecule has 0 amide bonds. The Kier molecular flexibility index (Phi) is 4.01. The van der Waals surface area contributed by atoms with E-state index in [2.05, 4.69) is 29.0 Å². The van der Waals surface area contributed by atoms with Gasteiger partial charge in [0, 0.05) is 18.3 Å². The van der Waals surface area contributed by atoms with Crippen LogP contribution in [0.25, 0.3) is 0 Å². The third-order valence-corrected chi connectivity index (χ3v) is 3.42. The van der Waals surface area contributed by atoms with Crippen molar-refractivity contribution in [3.8, 4) is 0 Å². The van der Waals surface area contributed by atoms with Gasteiger partial charge < -0.3 is 0 Å². The number of aryl methyl sites for hydroxylation is 2. The summed E-state index contributed by atoms with van der Waals surface area (Å²) in [5, 5.41) is 8.71. The van der Waals surface area contributed by atoms with Crippen LogP contribution in [0.15, 0.2) is 6.33 Å². The standard InChI is InChI=1S/C12H18ClN5/c1-4-10-9(6-13)11(5-2)18(16-10)7-12-14-8-15-17(12)3/h8H,4-7H2,1-3H3. The van der Waals surface area contributed by atoms with E-state index in [1.54, 1.807) is 11.0 Å². The lowest BCUT2D eigenvalue weighted by atomic mass is 10.1. The van der Waals surface area contributed by atoms with Gasteiger partial charge in [0.2, 0.25) is 0 Å². The van der Waals surface area contributed by atoms with Crippen LogP contribution in [0.2, 0.25) is 0 Å². The van der Waals surface area contributed by atoms with Crippen molar-refractivity contribution in [1.82, 2.24) is 24.5 Å². The molecule has 0 radical (unpaired) electrons. The number of rotatable bonds is 5. The summed E-state index contributed by atoms with van der Waals surface area (Å²) in [7, 11) is 1.89. The number of alkyl halides is 1. The fourth-order valence-electron chi connectivity index (χ4n) is 2.15. The van der Waals surface area contributed by atoms with Crippen molar-refractivity contribution in [3.05, 3.63) is 29.1 Å². The molecule has 0 atom stereocenters. The number of aromatic nitrogens is 5. The Balaban J connectivity index is 2.38. The summed E-state index contributed by atoms with van der Waals surface area (Å²) in [6.07, 6.45) is 3.39. The zero-order valence-corrected chi connectivity index (χ0v) is 11.8. The number of hydrogen-bond donors (Lipinski definition) is 0. The first-order valence-corrected chi connectivity index (χ1v) is 6.70. The third-order valence-electron chi connectivity index (χ3n) is 3.15. The van der Waals surface area contributed by atoms with Crippen molar-refractivity contribution in [1.29, 1.82) is 0 Å². The molecule has 5 nitrogen and oxygen atoms in total. The molecule has 0 aliphatic rings. The van der Waals surface area contributed by atoms with Crippen LogP contribution in [0.3, 0.4) is 0 Å². The molecule has 2 rings (SSSR count). The van der Waals surface area contributed by atoms with Gasteiger partial charge in [-0.2, -0.15) is 10.2 Å². The molecule has 98 valence electrons. The molecule has 0 aromatic carbocycles. The first-order chi connectivity index (χ1) is 8.71. The fraction of sp³-hybridized carbons (Fsp3) is 0.583. The van der Waals surface area contributed by atoms with Crippen molar-refractivity contribution in [2.24, 2.45) is 7.05 Å². The van der Waals surface area contributed by atoms with Crippen molar-refractivity contribution >= 4 is 11.6 Å². The minimum atomic E-state index is 0.519. The van der Waals surface area contributed by atoms with Crippen molar-refractivity contribution in [2.45, 2.75) is 39.1 Å². The molecule has 0 aliphatic heterocycles. The number of nitrogens with zero attached hydrogens (tertiary/aromatic N) is 5. The molecule has 6 heteroatoms. The predicted molar refractivity (Wildman–Crippen MR) is 70.6 cm³/mol. The Bertz CT molecular complexity index is 529. The van der Waals surface area contributed by atoms with Crippen LogP contribution >= 0.6 is 11.6 Å². The lowest BCUT2D eigenvalue weighted by Gasteiger charge is -2.06. The molecule has 18 heavy (non-hydrogen) atoms. The number of halogens is 1. The van der Waals surface area contributed by atoms with Crippen molar-refractivity contribution in [2.75, 3.05) is 0 Å². The Morgan fingerprint density at radius 2 is 2.06 bits per heavy atom. The van der Waals surface area contributed by atoms with Crippen LogP contribution in [-0.4, -0.2) is 24.5 Å². The molecule has 0 spiro atoms. The van der Waals surface area contributed by atoms with Gasteiger partial charge >= 0.3 is 0 Å². The molecule has 0 saturated carbocycles. The van der Waals surface area contributed by atoms with E-state index in [0.717, 1.165) is 24.4 Å². The van der Waals surface area contributed by atoms with Gasteiger partial charge in [-0.25, -0.2) is 4.98 Å². The number of hydrogen-bond acceptors (Lipinski definition) is 3. The van der Waals surface area contributed by atoms with Crippen LogP contribution in [0.4, 0.5) is 0 Å². The fourth-order valence-corrected chi connectivity index (χ4v) is 2.46. The van der Waals surface area contributed by atoms with E-state index in [-0.39, 0.29) is 0 Å². The Labute approximate surface area is 112 Å². The van der Waals surface area contributed by atoms with Crippen LogP contribution in [0.5, 0.6) is 0 Å². The highest BCUT2D eigenvalue weighted by molar-refractivity contribution is 6.17. The van der Waals surface area contributed by atoms with E-state index in [0.29, 0.717) is 12.4 Å². The van der Waals surface area contributed by atoms with Crippen molar-refractivity contribution < 1.29 is 0 Å². The summed E-state index contributed by atoms with van der Waals surface area (Å²) < 4.78 is 3.77. The SMILES string of the molecule is CCc1nn(Cc2ncnn2C)c(CC)c1CCl. The van der Waals surface area contributed by atoms with E-state index < -0.39 is 0 Å². The molecular formula is C12H18ClN5.